The lowest BCUT2D eigenvalue weighted by Crippen LogP contribution is -2.03. The van der Waals surface area contributed by atoms with Crippen molar-refractivity contribution in [3.63, 3.8) is 0 Å². The SMILES string of the molecule is CNc1cc(COC)nc(-c2c(C)cccc2C)n1. The Morgan fingerprint density at radius 1 is 1.16 bits per heavy atom. The second kappa shape index (κ2) is 5.80. The van der Waals surface area contributed by atoms with Gasteiger partial charge in [0.1, 0.15) is 5.82 Å². The number of nitrogens with one attached hydrogen (secondary N) is 1. The maximum atomic E-state index is 5.16. The quantitative estimate of drug-likeness (QED) is 0.914. The summed E-state index contributed by atoms with van der Waals surface area (Å²) in [6.45, 7) is 4.64. The predicted octanol–water partition coefficient (Wildman–Crippen LogP) is 2.95. The molecule has 0 atom stereocenters. The number of benzene rings is 1. The van der Waals surface area contributed by atoms with Gasteiger partial charge in [0.05, 0.1) is 12.3 Å². The van der Waals surface area contributed by atoms with Crippen molar-refractivity contribution in [1.29, 1.82) is 0 Å². The third kappa shape index (κ3) is 2.90. The van der Waals surface area contributed by atoms with Gasteiger partial charge in [0.2, 0.25) is 0 Å². The van der Waals surface area contributed by atoms with E-state index in [2.05, 4.69) is 41.3 Å². The fourth-order valence-corrected chi connectivity index (χ4v) is 2.13. The van der Waals surface area contributed by atoms with Crippen molar-refractivity contribution in [3.05, 3.63) is 41.1 Å². The standard InChI is InChI=1S/C15H19N3O/c1-10-6-5-7-11(2)14(10)15-17-12(9-19-4)8-13(16-3)18-15/h5-8H,9H2,1-4H3,(H,16,17,18). The largest absolute Gasteiger partial charge is 0.378 e. The van der Waals surface area contributed by atoms with Gasteiger partial charge in [-0.1, -0.05) is 18.2 Å². The van der Waals surface area contributed by atoms with E-state index in [9.17, 15) is 0 Å². The Kier molecular flexibility index (Phi) is 4.12. The summed E-state index contributed by atoms with van der Waals surface area (Å²) in [6, 6.07) is 8.11. The van der Waals surface area contributed by atoms with E-state index in [4.69, 9.17) is 4.74 Å². The lowest BCUT2D eigenvalue weighted by atomic mass is 10.0. The summed E-state index contributed by atoms with van der Waals surface area (Å²) in [5.74, 6) is 1.55. The highest BCUT2D eigenvalue weighted by Crippen LogP contribution is 2.25. The summed E-state index contributed by atoms with van der Waals surface area (Å²) in [4.78, 5) is 9.14. The first kappa shape index (κ1) is 13.5. The molecule has 0 amide bonds. The molecule has 0 unspecified atom stereocenters. The van der Waals surface area contributed by atoms with Crippen LogP contribution < -0.4 is 5.32 Å². The minimum absolute atomic E-state index is 0.481. The van der Waals surface area contributed by atoms with Crippen LogP contribution in [0.15, 0.2) is 24.3 Å². The average Bonchev–Trinajstić information content (AvgIpc) is 2.38. The molecule has 0 spiro atoms. The van der Waals surface area contributed by atoms with Gasteiger partial charge >= 0.3 is 0 Å². The molecule has 0 aliphatic heterocycles. The Labute approximate surface area is 113 Å². The summed E-state index contributed by atoms with van der Waals surface area (Å²) in [5.41, 5.74) is 4.32. The van der Waals surface area contributed by atoms with Gasteiger partial charge in [-0.15, -0.1) is 0 Å². The maximum absolute atomic E-state index is 5.16. The van der Waals surface area contributed by atoms with Gasteiger partial charge in [0.15, 0.2) is 5.82 Å². The molecule has 4 heteroatoms. The van der Waals surface area contributed by atoms with Gasteiger partial charge in [-0.3, -0.25) is 0 Å². The molecule has 2 aromatic rings. The number of hydrogen-bond acceptors (Lipinski definition) is 4. The van der Waals surface area contributed by atoms with Gasteiger partial charge in [-0.05, 0) is 25.0 Å². The first-order chi connectivity index (χ1) is 9.15. The zero-order valence-electron chi connectivity index (χ0n) is 11.8. The van der Waals surface area contributed by atoms with E-state index >= 15 is 0 Å². The van der Waals surface area contributed by atoms with Crippen LogP contribution in [0.1, 0.15) is 16.8 Å². The summed E-state index contributed by atoms with van der Waals surface area (Å²) in [7, 11) is 3.52. The van der Waals surface area contributed by atoms with Crippen LogP contribution in [0.5, 0.6) is 0 Å². The van der Waals surface area contributed by atoms with Gasteiger partial charge in [-0.25, -0.2) is 9.97 Å². The molecular weight excluding hydrogens is 238 g/mol. The molecule has 2 rings (SSSR count). The van der Waals surface area contributed by atoms with Crippen LogP contribution in [-0.4, -0.2) is 24.1 Å². The van der Waals surface area contributed by atoms with Crippen molar-refractivity contribution in [2.75, 3.05) is 19.5 Å². The highest BCUT2D eigenvalue weighted by atomic mass is 16.5. The normalized spacial score (nSPS) is 10.5. The molecule has 0 saturated heterocycles. The number of methoxy groups -OCH3 is 1. The number of aromatic nitrogens is 2. The number of anilines is 1. The number of ether oxygens (including phenoxy) is 1. The summed E-state index contributed by atoms with van der Waals surface area (Å²) < 4.78 is 5.16. The molecule has 1 aromatic carbocycles. The Bertz CT molecular complexity index is 561. The maximum Gasteiger partial charge on any atom is 0.162 e. The van der Waals surface area contributed by atoms with Crippen LogP contribution in [0, 0.1) is 13.8 Å². The molecule has 1 heterocycles. The zero-order valence-corrected chi connectivity index (χ0v) is 11.8. The monoisotopic (exact) mass is 257 g/mol. The van der Waals surface area contributed by atoms with Crippen LogP contribution >= 0.6 is 0 Å². The summed E-state index contributed by atoms with van der Waals surface area (Å²) in [5, 5.41) is 3.07. The van der Waals surface area contributed by atoms with Crippen molar-refractivity contribution in [1.82, 2.24) is 9.97 Å². The number of nitrogens with zero attached hydrogens (tertiary/aromatic N) is 2. The molecule has 0 aliphatic carbocycles. The highest BCUT2D eigenvalue weighted by molar-refractivity contribution is 5.65. The molecule has 1 N–H and O–H groups in total. The third-order valence-electron chi connectivity index (χ3n) is 3.03. The van der Waals surface area contributed by atoms with Crippen LogP contribution in [0.4, 0.5) is 5.82 Å². The number of aryl methyl sites for hydroxylation is 2. The first-order valence-electron chi connectivity index (χ1n) is 6.27. The fraction of sp³-hybridized carbons (Fsp3) is 0.333. The van der Waals surface area contributed by atoms with E-state index in [1.54, 1.807) is 7.11 Å². The van der Waals surface area contributed by atoms with Gasteiger partial charge in [0.25, 0.3) is 0 Å². The van der Waals surface area contributed by atoms with E-state index in [1.165, 1.54) is 11.1 Å². The van der Waals surface area contributed by atoms with Gasteiger partial charge < -0.3 is 10.1 Å². The van der Waals surface area contributed by atoms with Crippen LogP contribution in [0.2, 0.25) is 0 Å². The summed E-state index contributed by atoms with van der Waals surface area (Å²) in [6.07, 6.45) is 0. The van der Waals surface area contributed by atoms with Crippen LogP contribution in [0.3, 0.4) is 0 Å². The van der Waals surface area contributed by atoms with Crippen molar-refractivity contribution in [2.45, 2.75) is 20.5 Å². The van der Waals surface area contributed by atoms with Crippen molar-refractivity contribution < 1.29 is 4.74 Å². The van der Waals surface area contributed by atoms with E-state index in [0.29, 0.717) is 6.61 Å². The number of hydrogen-bond donors (Lipinski definition) is 1. The van der Waals surface area contributed by atoms with E-state index in [1.807, 2.05) is 19.2 Å². The van der Waals surface area contributed by atoms with Crippen molar-refractivity contribution in [3.8, 4) is 11.4 Å². The average molecular weight is 257 g/mol. The Morgan fingerprint density at radius 2 is 1.84 bits per heavy atom. The number of rotatable bonds is 4. The molecule has 0 aliphatic rings. The van der Waals surface area contributed by atoms with Gasteiger partial charge in [-0.2, -0.15) is 0 Å². The van der Waals surface area contributed by atoms with E-state index < -0.39 is 0 Å². The lowest BCUT2D eigenvalue weighted by molar-refractivity contribution is 0.181. The molecule has 0 saturated carbocycles. The molecule has 4 nitrogen and oxygen atoms in total. The molecule has 19 heavy (non-hydrogen) atoms. The van der Waals surface area contributed by atoms with Crippen molar-refractivity contribution >= 4 is 5.82 Å². The van der Waals surface area contributed by atoms with Crippen LogP contribution in [-0.2, 0) is 11.3 Å². The van der Waals surface area contributed by atoms with E-state index in [-0.39, 0.29) is 0 Å². The van der Waals surface area contributed by atoms with Gasteiger partial charge in [0, 0.05) is 25.8 Å². The van der Waals surface area contributed by atoms with Crippen LogP contribution in [0.25, 0.3) is 11.4 Å². The smallest absolute Gasteiger partial charge is 0.162 e. The predicted molar refractivity (Wildman–Crippen MR) is 77.2 cm³/mol. The molecule has 0 radical (unpaired) electrons. The fourth-order valence-electron chi connectivity index (χ4n) is 2.13. The Hall–Kier alpha value is -1.94. The summed E-state index contributed by atoms with van der Waals surface area (Å²) >= 11 is 0. The molecular formula is C15H19N3O. The Morgan fingerprint density at radius 3 is 2.42 bits per heavy atom. The second-order valence-electron chi connectivity index (χ2n) is 4.52. The highest BCUT2D eigenvalue weighted by Gasteiger charge is 2.11. The topological polar surface area (TPSA) is 47.0 Å². The molecule has 0 fully saturated rings. The minimum Gasteiger partial charge on any atom is -0.378 e. The molecule has 1 aromatic heterocycles. The Balaban J connectivity index is 2.57. The third-order valence-corrected chi connectivity index (χ3v) is 3.03. The van der Waals surface area contributed by atoms with E-state index in [0.717, 1.165) is 22.9 Å². The minimum atomic E-state index is 0.481. The zero-order chi connectivity index (χ0) is 13.8. The molecule has 100 valence electrons. The second-order valence-corrected chi connectivity index (χ2v) is 4.52. The lowest BCUT2D eigenvalue weighted by Gasteiger charge is -2.11. The molecule has 0 bridgehead atoms. The van der Waals surface area contributed by atoms with Crippen molar-refractivity contribution in [2.24, 2.45) is 0 Å². The first-order valence-corrected chi connectivity index (χ1v) is 6.27.